The van der Waals surface area contributed by atoms with Gasteiger partial charge in [-0.25, -0.2) is 0 Å². The van der Waals surface area contributed by atoms with Crippen LogP contribution in [0.2, 0.25) is 0 Å². The van der Waals surface area contributed by atoms with Crippen LogP contribution in [0.3, 0.4) is 0 Å². The topological polar surface area (TPSA) is 15.3 Å². The lowest BCUT2D eigenvalue weighted by molar-refractivity contribution is 0.281. The van der Waals surface area contributed by atoms with Crippen LogP contribution in [0.4, 0.5) is 11.4 Å². The van der Waals surface area contributed by atoms with E-state index in [2.05, 4.69) is 62.4 Å². The van der Waals surface area contributed by atoms with Gasteiger partial charge in [-0.1, -0.05) is 19.9 Å². The molecule has 1 aliphatic carbocycles. The van der Waals surface area contributed by atoms with Crippen LogP contribution >= 0.6 is 0 Å². The van der Waals surface area contributed by atoms with Gasteiger partial charge in [0, 0.05) is 31.5 Å². The zero-order chi connectivity index (χ0) is 13.1. The number of rotatable bonds is 3. The molecule has 0 aliphatic heterocycles. The first-order valence-electron chi connectivity index (χ1n) is 7.08. The summed E-state index contributed by atoms with van der Waals surface area (Å²) in [5.41, 5.74) is 2.52. The number of benzene rings is 1. The second-order valence-corrected chi connectivity index (χ2v) is 6.20. The summed E-state index contributed by atoms with van der Waals surface area (Å²) in [6.45, 7) is 4.75. The first-order chi connectivity index (χ1) is 8.54. The van der Waals surface area contributed by atoms with Crippen molar-refractivity contribution in [1.82, 2.24) is 0 Å². The molecule has 0 bridgehead atoms. The summed E-state index contributed by atoms with van der Waals surface area (Å²) in [7, 11) is 4.17. The van der Waals surface area contributed by atoms with Gasteiger partial charge in [0.15, 0.2) is 0 Å². The molecule has 2 nitrogen and oxygen atoms in total. The van der Waals surface area contributed by atoms with Crippen LogP contribution in [0.1, 0.15) is 33.1 Å². The summed E-state index contributed by atoms with van der Waals surface area (Å²) < 4.78 is 0. The average Bonchev–Trinajstić information content (AvgIpc) is 2.27. The largest absolute Gasteiger partial charge is 0.382 e. The standard InChI is InChI=1S/C16H26N2/c1-12-8-13(2)10-15(9-12)17-14-6-5-7-16(11-14)18(3)4/h5-7,11-13,15,17H,8-10H2,1-4H3. The van der Waals surface area contributed by atoms with Crippen LogP contribution in [0, 0.1) is 11.8 Å². The summed E-state index contributed by atoms with van der Waals surface area (Å²) in [4.78, 5) is 2.15. The van der Waals surface area contributed by atoms with Crippen molar-refractivity contribution < 1.29 is 0 Å². The fraction of sp³-hybridized carbons (Fsp3) is 0.625. The molecule has 1 N–H and O–H groups in total. The van der Waals surface area contributed by atoms with Crippen LogP contribution in [0.25, 0.3) is 0 Å². The maximum absolute atomic E-state index is 3.71. The Morgan fingerprint density at radius 2 is 1.72 bits per heavy atom. The number of hydrogen-bond acceptors (Lipinski definition) is 2. The minimum atomic E-state index is 0.640. The summed E-state index contributed by atoms with van der Waals surface area (Å²) in [5, 5.41) is 3.71. The maximum atomic E-state index is 3.71. The fourth-order valence-corrected chi connectivity index (χ4v) is 3.17. The Labute approximate surface area is 111 Å². The number of anilines is 2. The molecule has 0 aromatic heterocycles. The van der Waals surface area contributed by atoms with E-state index in [0.29, 0.717) is 6.04 Å². The highest BCUT2D eigenvalue weighted by Crippen LogP contribution is 2.31. The number of nitrogens with zero attached hydrogens (tertiary/aromatic N) is 1. The maximum Gasteiger partial charge on any atom is 0.0381 e. The van der Waals surface area contributed by atoms with Crippen LogP contribution in [-0.2, 0) is 0 Å². The van der Waals surface area contributed by atoms with Crippen molar-refractivity contribution >= 4 is 11.4 Å². The van der Waals surface area contributed by atoms with E-state index in [1.807, 2.05) is 0 Å². The molecule has 0 heterocycles. The first kappa shape index (κ1) is 13.3. The van der Waals surface area contributed by atoms with Gasteiger partial charge in [0.1, 0.15) is 0 Å². The van der Waals surface area contributed by atoms with Crippen molar-refractivity contribution in [2.45, 2.75) is 39.2 Å². The zero-order valence-electron chi connectivity index (χ0n) is 12.1. The third-order valence-corrected chi connectivity index (χ3v) is 3.91. The smallest absolute Gasteiger partial charge is 0.0381 e. The Balaban J connectivity index is 2.02. The normalized spacial score (nSPS) is 27.9. The second kappa shape index (κ2) is 5.64. The predicted molar refractivity (Wildman–Crippen MR) is 80.4 cm³/mol. The number of nitrogens with one attached hydrogen (secondary N) is 1. The molecular weight excluding hydrogens is 220 g/mol. The monoisotopic (exact) mass is 246 g/mol. The van der Waals surface area contributed by atoms with E-state index in [1.165, 1.54) is 30.6 Å². The number of hydrogen-bond donors (Lipinski definition) is 1. The van der Waals surface area contributed by atoms with E-state index < -0.39 is 0 Å². The molecule has 1 saturated carbocycles. The quantitative estimate of drug-likeness (QED) is 0.867. The lowest BCUT2D eigenvalue weighted by atomic mass is 9.80. The van der Waals surface area contributed by atoms with Gasteiger partial charge in [0.2, 0.25) is 0 Å². The Morgan fingerprint density at radius 3 is 2.33 bits per heavy atom. The average molecular weight is 246 g/mol. The molecule has 0 saturated heterocycles. The van der Waals surface area contributed by atoms with E-state index in [9.17, 15) is 0 Å². The molecule has 0 amide bonds. The third kappa shape index (κ3) is 3.41. The van der Waals surface area contributed by atoms with Crippen molar-refractivity contribution in [2.75, 3.05) is 24.3 Å². The summed E-state index contributed by atoms with van der Waals surface area (Å²) in [6.07, 6.45) is 3.99. The molecule has 1 aromatic rings. The molecule has 0 spiro atoms. The molecule has 1 aromatic carbocycles. The molecule has 2 unspecified atom stereocenters. The molecule has 0 radical (unpaired) electrons. The molecule has 2 rings (SSSR count). The van der Waals surface area contributed by atoms with E-state index in [-0.39, 0.29) is 0 Å². The molecule has 2 atom stereocenters. The van der Waals surface area contributed by atoms with Gasteiger partial charge in [0.25, 0.3) is 0 Å². The van der Waals surface area contributed by atoms with Gasteiger partial charge < -0.3 is 10.2 Å². The van der Waals surface area contributed by atoms with Gasteiger partial charge in [0.05, 0.1) is 0 Å². The molecule has 1 aliphatic rings. The molecule has 1 fully saturated rings. The van der Waals surface area contributed by atoms with Gasteiger partial charge in [-0.3, -0.25) is 0 Å². The Hall–Kier alpha value is -1.18. The third-order valence-electron chi connectivity index (χ3n) is 3.91. The van der Waals surface area contributed by atoms with E-state index in [0.717, 1.165) is 11.8 Å². The molecular formula is C16H26N2. The highest BCUT2D eigenvalue weighted by molar-refractivity contribution is 5.57. The minimum absolute atomic E-state index is 0.640. The van der Waals surface area contributed by atoms with Crippen molar-refractivity contribution in [3.05, 3.63) is 24.3 Å². The van der Waals surface area contributed by atoms with Crippen LogP contribution < -0.4 is 10.2 Å². The zero-order valence-corrected chi connectivity index (χ0v) is 12.1. The van der Waals surface area contributed by atoms with Crippen molar-refractivity contribution in [1.29, 1.82) is 0 Å². The van der Waals surface area contributed by atoms with E-state index in [4.69, 9.17) is 0 Å². The molecule has 2 heteroatoms. The summed E-state index contributed by atoms with van der Waals surface area (Å²) in [5.74, 6) is 1.70. The molecule has 18 heavy (non-hydrogen) atoms. The van der Waals surface area contributed by atoms with Gasteiger partial charge in [-0.2, -0.15) is 0 Å². The molecule has 100 valence electrons. The van der Waals surface area contributed by atoms with E-state index in [1.54, 1.807) is 0 Å². The van der Waals surface area contributed by atoms with E-state index >= 15 is 0 Å². The Kier molecular flexibility index (Phi) is 4.15. The van der Waals surface area contributed by atoms with Crippen molar-refractivity contribution in [3.63, 3.8) is 0 Å². The summed E-state index contributed by atoms with van der Waals surface area (Å²) in [6, 6.07) is 9.34. The highest BCUT2D eigenvalue weighted by Gasteiger charge is 2.23. The SMILES string of the molecule is CC1CC(C)CC(Nc2cccc(N(C)C)c2)C1. The van der Waals surface area contributed by atoms with Crippen LogP contribution in [0.15, 0.2) is 24.3 Å². The summed E-state index contributed by atoms with van der Waals surface area (Å²) >= 11 is 0. The van der Waals surface area contributed by atoms with Crippen LogP contribution in [0.5, 0.6) is 0 Å². The fourth-order valence-electron chi connectivity index (χ4n) is 3.17. The van der Waals surface area contributed by atoms with Crippen molar-refractivity contribution in [2.24, 2.45) is 11.8 Å². The van der Waals surface area contributed by atoms with Gasteiger partial charge >= 0.3 is 0 Å². The highest BCUT2D eigenvalue weighted by atomic mass is 15.1. The van der Waals surface area contributed by atoms with Crippen LogP contribution in [-0.4, -0.2) is 20.1 Å². The van der Waals surface area contributed by atoms with Gasteiger partial charge in [-0.15, -0.1) is 0 Å². The second-order valence-electron chi connectivity index (χ2n) is 6.20. The van der Waals surface area contributed by atoms with Crippen molar-refractivity contribution in [3.8, 4) is 0 Å². The lowest BCUT2D eigenvalue weighted by Gasteiger charge is -2.32. The minimum Gasteiger partial charge on any atom is -0.382 e. The predicted octanol–water partition coefficient (Wildman–Crippen LogP) is 3.99. The first-order valence-corrected chi connectivity index (χ1v) is 7.08. The Morgan fingerprint density at radius 1 is 1.06 bits per heavy atom. The lowest BCUT2D eigenvalue weighted by Crippen LogP contribution is -2.30. The Bertz CT molecular complexity index is 376. The van der Waals surface area contributed by atoms with Gasteiger partial charge in [-0.05, 0) is 49.3 Å².